The van der Waals surface area contributed by atoms with Gasteiger partial charge in [0.1, 0.15) is 18.1 Å². The van der Waals surface area contributed by atoms with E-state index in [-0.39, 0.29) is 23.7 Å². The highest BCUT2D eigenvalue weighted by Gasteiger charge is 2.46. The van der Waals surface area contributed by atoms with Gasteiger partial charge in [0.05, 0.1) is 6.04 Å². The zero-order valence-corrected chi connectivity index (χ0v) is 26.0. The van der Waals surface area contributed by atoms with Crippen molar-refractivity contribution in [3.05, 3.63) is 0 Å². The number of ketones is 1. The van der Waals surface area contributed by atoms with Crippen molar-refractivity contribution in [1.82, 2.24) is 25.8 Å². The van der Waals surface area contributed by atoms with Gasteiger partial charge in [0.25, 0.3) is 5.91 Å². The first-order valence-electron chi connectivity index (χ1n) is 15.4. The number of nitrogens with one attached hydrogen (secondary N) is 3. The molecular formula is C30H50N6O6. The van der Waals surface area contributed by atoms with Crippen LogP contribution in [0, 0.1) is 23.2 Å². The average Bonchev–Trinajstić information content (AvgIpc) is 3.38. The number of carbonyl (C=O) groups excluding carboxylic acids is 6. The molecule has 12 nitrogen and oxygen atoms in total. The van der Waals surface area contributed by atoms with Crippen molar-refractivity contribution in [2.45, 2.75) is 111 Å². The SMILES string of the molecule is CC[C@@H]1C[C@@H](C(=O)NC(CC2CC2)C(=O)C(N)=O)N(C(=O)C(NC(=O)N[C@H](C(=O)N2CCCC2)C(C)C)C(C)(C)C)C1. The van der Waals surface area contributed by atoms with E-state index in [1.807, 2.05) is 41.5 Å². The standard InChI is InChI=1S/C30H50N6O6/c1-7-18-15-21(26(39)32-20(14-19-10-11-19)23(37)25(31)38)36(16-18)28(41)24(30(4,5)6)34-29(42)33-22(17(2)3)27(40)35-12-8-9-13-35/h17-22,24H,7-16H2,1-6H3,(H2,31,38)(H,32,39)(H2,33,34,42)/t18-,20?,21+,22+,24?/m1/s1. The fourth-order valence-electron chi connectivity index (χ4n) is 5.85. The molecule has 3 fully saturated rings. The first-order valence-corrected chi connectivity index (χ1v) is 15.4. The number of likely N-dealkylation sites (tertiary alicyclic amines) is 2. The molecule has 236 valence electrons. The van der Waals surface area contributed by atoms with Crippen molar-refractivity contribution in [1.29, 1.82) is 0 Å². The molecule has 2 aliphatic heterocycles. The normalized spacial score (nSPS) is 22.8. The maximum atomic E-state index is 14.1. The van der Waals surface area contributed by atoms with Crippen molar-refractivity contribution in [2.24, 2.45) is 28.9 Å². The van der Waals surface area contributed by atoms with E-state index in [4.69, 9.17) is 5.73 Å². The lowest BCUT2D eigenvalue weighted by atomic mass is 9.85. The Morgan fingerprint density at radius 3 is 2.02 bits per heavy atom. The third-order valence-corrected chi connectivity index (χ3v) is 8.72. The molecule has 0 aromatic heterocycles. The summed E-state index contributed by atoms with van der Waals surface area (Å²) in [6.45, 7) is 12.8. The first kappa shape index (κ1) is 33.3. The Balaban J connectivity index is 1.76. The lowest BCUT2D eigenvalue weighted by Gasteiger charge is -2.36. The second-order valence-corrected chi connectivity index (χ2v) is 13.7. The molecule has 1 aliphatic carbocycles. The van der Waals surface area contributed by atoms with Crippen molar-refractivity contribution in [3.8, 4) is 0 Å². The Morgan fingerprint density at radius 2 is 1.52 bits per heavy atom. The number of Topliss-reactive ketones (excluding diaryl/α,β-unsaturated/α-hetero) is 1. The molecule has 2 saturated heterocycles. The quantitative estimate of drug-likeness (QED) is 0.250. The van der Waals surface area contributed by atoms with Gasteiger partial charge in [-0.25, -0.2) is 4.79 Å². The molecule has 1 saturated carbocycles. The minimum Gasteiger partial charge on any atom is -0.363 e. The molecule has 0 spiro atoms. The predicted octanol–water partition coefficient (Wildman–Crippen LogP) is 1.31. The molecule has 5 N–H and O–H groups in total. The fourth-order valence-corrected chi connectivity index (χ4v) is 5.85. The number of nitrogens with two attached hydrogens (primary N) is 1. The molecule has 3 aliphatic rings. The molecule has 0 radical (unpaired) electrons. The van der Waals surface area contributed by atoms with E-state index >= 15 is 0 Å². The van der Waals surface area contributed by atoms with E-state index in [0.29, 0.717) is 32.5 Å². The number of urea groups is 1. The number of nitrogens with zero attached hydrogens (tertiary/aromatic N) is 2. The zero-order chi connectivity index (χ0) is 31.4. The Labute approximate surface area is 249 Å². The van der Waals surface area contributed by atoms with E-state index in [9.17, 15) is 28.8 Å². The van der Waals surface area contributed by atoms with E-state index in [1.54, 1.807) is 4.90 Å². The molecule has 2 unspecified atom stereocenters. The van der Waals surface area contributed by atoms with Crippen LogP contribution in [0.25, 0.3) is 0 Å². The second kappa shape index (κ2) is 13.9. The molecule has 12 heteroatoms. The van der Waals surface area contributed by atoms with E-state index in [0.717, 1.165) is 32.1 Å². The lowest BCUT2D eigenvalue weighted by Crippen LogP contribution is -2.61. The highest BCUT2D eigenvalue weighted by atomic mass is 16.2. The molecule has 6 amide bonds. The van der Waals surface area contributed by atoms with Gasteiger partial charge in [0.15, 0.2) is 0 Å². The number of rotatable bonds is 12. The summed E-state index contributed by atoms with van der Waals surface area (Å²) in [6.07, 6.45) is 5.19. The van der Waals surface area contributed by atoms with E-state index in [1.165, 1.54) is 4.90 Å². The van der Waals surface area contributed by atoms with Crippen LogP contribution < -0.4 is 21.7 Å². The van der Waals surface area contributed by atoms with Gasteiger partial charge in [-0.3, -0.25) is 24.0 Å². The maximum Gasteiger partial charge on any atom is 0.316 e. The van der Waals surface area contributed by atoms with Crippen LogP contribution in [-0.4, -0.2) is 89.0 Å². The number of amides is 6. The highest BCUT2D eigenvalue weighted by Crippen LogP contribution is 2.34. The Hall–Kier alpha value is -3.18. The van der Waals surface area contributed by atoms with Crippen LogP contribution in [0.15, 0.2) is 0 Å². The van der Waals surface area contributed by atoms with Gasteiger partial charge in [-0.1, -0.05) is 60.8 Å². The average molecular weight is 591 g/mol. The van der Waals surface area contributed by atoms with Gasteiger partial charge in [0, 0.05) is 19.6 Å². The van der Waals surface area contributed by atoms with Gasteiger partial charge < -0.3 is 31.5 Å². The third-order valence-electron chi connectivity index (χ3n) is 8.72. The number of hydrogen-bond acceptors (Lipinski definition) is 6. The fraction of sp³-hybridized carbons (Fsp3) is 0.800. The summed E-state index contributed by atoms with van der Waals surface area (Å²) in [7, 11) is 0. The minimum atomic E-state index is -1.10. The predicted molar refractivity (Wildman–Crippen MR) is 157 cm³/mol. The maximum absolute atomic E-state index is 14.1. The summed E-state index contributed by atoms with van der Waals surface area (Å²) in [4.78, 5) is 81.3. The van der Waals surface area contributed by atoms with Gasteiger partial charge in [-0.15, -0.1) is 0 Å². The third kappa shape index (κ3) is 8.44. The zero-order valence-electron chi connectivity index (χ0n) is 26.0. The summed E-state index contributed by atoms with van der Waals surface area (Å²) in [5, 5.41) is 8.31. The molecule has 3 rings (SSSR count). The molecule has 0 aromatic rings. The Bertz CT molecular complexity index is 1050. The molecule has 0 bridgehead atoms. The molecule has 2 heterocycles. The van der Waals surface area contributed by atoms with Crippen LogP contribution in [0.1, 0.15) is 86.5 Å². The van der Waals surface area contributed by atoms with Gasteiger partial charge >= 0.3 is 6.03 Å². The number of carbonyl (C=O) groups is 6. The summed E-state index contributed by atoms with van der Waals surface area (Å²) in [5.74, 6) is -2.85. The molecule has 0 aromatic carbocycles. The van der Waals surface area contributed by atoms with Crippen molar-refractivity contribution >= 4 is 35.4 Å². The van der Waals surface area contributed by atoms with Crippen LogP contribution >= 0.6 is 0 Å². The summed E-state index contributed by atoms with van der Waals surface area (Å²) in [5.41, 5.74) is 4.53. The smallest absolute Gasteiger partial charge is 0.316 e. The van der Waals surface area contributed by atoms with Gasteiger partial charge in [-0.05, 0) is 48.9 Å². The van der Waals surface area contributed by atoms with Crippen molar-refractivity contribution in [3.63, 3.8) is 0 Å². The summed E-state index contributed by atoms with van der Waals surface area (Å²) >= 11 is 0. The highest BCUT2D eigenvalue weighted by molar-refractivity contribution is 6.37. The van der Waals surface area contributed by atoms with Crippen molar-refractivity contribution < 1.29 is 28.8 Å². The van der Waals surface area contributed by atoms with Crippen LogP contribution in [-0.2, 0) is 24.0 Å². The van der Waals surface area contributed by atoms with Crippen LogP contribution in [0.3, 0.4) is 0 Å². The topological polar surface area (TPSA) is 171 Å². The number of primary amides is 1. The summed E-state index contributed by atoms with van der Waals surface area (Å²) in [6, 6.07) is -4.24. The largest absolute Gasteiger partial charge is 0.363 e. The van der Waals surface area contributed by atoms with Crippen molar-refractivity contribution in [2.75, 3.05) is 19.6 Å². The van der Waals surface area contributed by atoms with Gasteiger partial charge in [0.2, 0.25) is 23.5 Å². The Kier molecular flexibility index (Phi) is 11.0. The second-order valence-electron chi connectivity index (χ2n) is 13.7. The molecular weight excluding hydrogens is 540 g/mol. The molecule has 42 heavy (non-hydrogen) atoms. The van der Waals surface area contributed by atoms with Crippen LogP contribution in [0.2, 0.25) is 0 Å². The lowest BCUT2D eigenvalue weighted by molar-refractivity contribution is -0.143. The van der Waals surface area contributed by atoms with E-state index in [2.05, 4.69) is 16.0 Å². The van der Waals surface area contributed by atoms with Gasteiger partial charge in [-0.2, -0.15) is 0 Å². The summed E-state index contributed by atoms with van der Waals surface area (Å²) < 4.78 is 0. The van der Waals surface area contributed by atoms with E-state index < -0.39 is 59.1 Å². The van der Waals surface area contributed by atoms with Crippen LogP contribution in [0.5, 0.6) is 0 Å². The number of hydrogen-bond donors (Lipinski definition) is 4. The van der Waals surface area contributed by atoms with Crippen LogP contribution in [0.4, 0.5) is 4.79 Å². The minimum absolute atomic E-state index is 0.0521. The monoisotopic (exact) mass is 590 g/mol. The first-order chi connectivity index (χ1) is 19.6. The Morgan fingerprint density at radius 1 is 0.905 bits per heavy atom. The molecule has 5 atom stereocenters.